The molecule has 1 heteroatoms. The molecule has 2 aliphatic carbocycles. The van der Waals surface area contributed by atoms with Crippen LogP contribution in [0.15, 0.2) is 23.8 Å². The van der Waals surface area contributed by atoms with Gasteiger partial charge in [-0.1, -0.05) is 23.8 Å². The molecule has 0 bridgehead atoms. The molecule has 0 aliphatic heterocycles. The van der Waals surface area contributed by atoms with E-state index in [-0.39, 0.29) is 17.9 Å². The molecule has 1 fully saturated rings. The fraction of sp³-hybridized carbons (Fsp3) is 0.636. The van der Waals surface area contributed by atoms with Crippen molar-refractivity contribution in [2.45, 2.75) is 38.2 Å². The molecule has 0 aromatic carbocycles. The Kier molecular flexibility index (Phi) is 1.36. The summed E-state index contributed by atoms with van der Waals surface area (Å²) in [4.78, 5) is 0. The molecule has 66 valence electrons. The highest BCUT2D eigenvalue weighted by Crippen LogP contribution is 2.39. The Hall–Kier alpha value is -0.560. The highest BCUT2D eigenvalue weighted by atomic mass is 16.3. The van der Waals surface area contributed by atoms with Gasteiger partial charge in [-0.05, 0) is 32.6 Å². The molecule has 0 aromatic heterocycles. The summed E-state index contributed by atoms with van der Waals surface area (Å²) in [6, 6.07) is 0. The summed E-state index contributed by atoms with van der Waals surface area (Å²) in [6.45, 7) is 1.99. The molecule has 0 heterocycles. The van der Waals surface area contributed by atoms with Crippen molar-refractivity contribution < 1.29 is 6.48 Å². The number of allylic oxidation sites excluding steroid dienone is 2. The van der Waals surface area contributed by atoms with E-state index in [0.29, 0.717) is 0 Å². The number of aliphatic hydroxyl groups is 1. The summed E-state index contributed by atoms with van der Waals surface area (Å²) in [6.07, 6.45) is 8.79. The van der Waals surface area contributed by atoms with Gasteiger partial charge in [0.15, 0.2) is 0 Å². The van der Waals surface area contributed by atoms with E-state index in [9.17, 15) is 0 Å². The standard InChI is InChI=1S/C11H16O/c1-11(12)8-4-6-9-5-2-3-7-10(9)11/h3,5,7,10,12H,2,4,6,8H2,1H3/t10-,11-/m0/s1/i2D,12D/t2?,10-,11-. The summed E-state index contributed by atoms with van der Waals surface area (Å²) in [7, 11) is 0. The molecule has 2 aliphatic rings. The van der Waals surface area contributed by atoms with Gasteiger partial charge in [-0.3, -0.25) is 0 Å². The minimum Gasteiger partial charge on any atom is -0.389 e. The second kappa shape index (κ2) is 2.74. The first kappa shape index (κ1) is 5.98. The van der Waals surface area contributed by atoms with Crippen LogP contribution in [0.2, 0.25) is 0 Å². The maximum Gasteiger partial charge on any atom is 0.211 e. The minimum atomic E-state index is -0.374. The van der Waals surface area contributed by atoms with Gasteiger partial charge in [0, 0.05) is 7.29 Å². The summed E-state index contributed by atoms with van der Waals surface area (Å²) >= 11 is 0. The van der Waals surface area contributed by atoms with Crippen molar-refractivity contribution in [2.24, 2.45) is 5.92 Å². The van der Waals surface area contributed by atoms with Crippen molar-refractivity contribution in [3.05, 3.63) is 23.8 Å². The predicted octanol–water partition coefficient (Wildman–Crippen LogP) is 2.42. The maximum absolute atomic E-state index is 7.63. The van der Waals surface area contributed by atoms with E-state index in [4.69, 9.17) is 7.91 Å². The van der Waals surface area contributed by atoms with Crippen LogP contribution in [0.5, 0.6) is 0 Å². The van der Waals surface area contributed by atoms with Crippen LogP contribution in [-0.4, -0.2) is 12.1 Å². The van der Waals surface area contributed by atoms with Gasteiger partial charge in [-0.25, -0.2) is 0 Å². The predicted molar refractivity (Wildman–Crippen MR) is 49.8 cm³/mol. The van der Waals surface area contributed by atoms with Crippen molar-refractivity contribution in [1.82, 2.24) is 0 Å². The van der Waals surface area contributed by atoms with Crippen LogP contribution < -0.4 is 0 Å². The minimum absolute atomic E-state index is 0.200. The molecule has 0 spiro atoms. The molecular formula is C11H16O. The fourth-order valence-corrected chi connectivity index (χ4v) is 2.22. The lowest BCUT2D eigenvalue weighted by Gasteiger charge is -2.38. The highest BCUT2D eigenvalue weighted by molar-refractivity contribution is 5.25. The molecule has 1 N–H and O–H groups in total. The number of hydrogen-bond donors (Lipinski definition) is 1. The summed E-state index contributed by atoms with van der Waals surface area (Å²) < 4.78 is 14.8. The zero-order chi connectivity index (χ0) is 10.2. The second-order valence-electron chi connectivity index (χ2n) is 3.96. The molecule has 1 nitrogen and oxygen atoms in total. The van der Waals surface area contributed by atoms with Crippen molar-refractivity contribution in [1.29, 1.82) is 1.43 Å². The normalized spacial score (nSPS) is 48.9. The Morgan fingerprint density at radius 3 is 3.58 bits per heavy atom. The lowest BCUT2D eigenvalue weighted by Crippen LogP contribution is -2.38. The molecule has 1 saturated carbocycles. The Morgan fingerprint density at radius 1 is 1.83 bits per heavy atom. The van der Waals surface area contributed by atoms with Crippen LogP contribution in [-0.2, 0) is 0 Å². The third-order valence-corrected chi connectivity index (χ3v) is 2.92. The molecule has 0 saturated heterocycles. The second-order valence-corrected chi connectivity index (χ2v) is 3.96. The van der Waals surface area contributed by atoms with Crippen molar-refractivity contribution >= 4 is 0 Å². The Labute approximate surface area is 76.7 Å². The van der Waals surface area contributed by atoms with E-state index in [1.807, 2.05) is 25.2 Å². The SMILES string of the molecule is [2H]O[C@@]1(C)CCCC2=CC([2H])C=C[C@@H]21. The molecular weight excluding hydrogens is 148 g/mol. The van der Waals surface area contributed by atoms with E-state index in [2.05, 4.69) is 0 Å². The third kappa shape index (κ3) is 1.22. The molecule has 0 aromatic rings. The zero-order valence-corrected chi connectivity index (χ0v) is 7.42. The van der Waals surface area contributed by atoms with Crippen LogP contribution >= 0.6 is 0 Å². The lowest BCUT2D eigenvalue weighted by atomic mass is 9.71. The van der Waals surface area contributed by atoms with Crippen LogP contribution in [0.25, 0.3) is 0 Å². The van der Waals surface area contributed by atoms with Gasteiger partial charge in [-0.2, -0.15) is 0 Å². The Balaban J connectivity index is 2.27. The van der Waals surface area contributed by atoms with Crippen molar-refractivity contribution in [2.75, 3.05) is 0 Å². The van der Waals surface area contributed by atoms with Crippen LogP contribution in [0, 0.1) is 5.92 Å². The van der Waals surface area contributed by atoms with Crippen molar-refractivity contribution in [3.8, 4) is 0 Å². The zero-order valence-electron chi connectivity index (χ0n) is 9.42. The Morgan fingerprint density at radius 2 is 2.75 bits per heavy atom. The topological polar surface area (TPSA) is 20.2 Å². The van der Waals surface area contributed by atoms with Crippen LogP contribution in [0.1, 0.15) is 34.0 Å². The average molecular weight is 166 g/mol. The van der Waals surface area contributed by atoms with Gasteiger partial charge in [0.2, 0.25) is 1.43 Å². The third-order valence-electron chi connectivity index (χ3n) is 2.92. The van der Waals surface area contributed by atoms with Gasteiger partial charge in [0.05, 0.1) is 5.60 Å². The maximum atomic E-state index is 7.63. The monoisotopic (exact) mass is 166 g/mol. The molecule has 0 radical (unpaired) electrons. The fourth-order valence-electron chi connectivity index (χ4n) is 2.22. The largest absolute Gasteiger partial charge is 0.389 e. The molecule has 2 rings (SSSR count). The van der Waals surface area contributed by atoms with Gasteiger partial charge in [0.1, 0.15) is 0 Å². The lowest BCUT2D eigenvalue weighted by molar-refractivity contribution is 0.00763. The van der Waals surface area contributed by atoms with E-state index in [0.717, 1.165) is 19.3 Å². The first-order chi connectivity index (χ1) is 6.65. The smallest absolute Gasteiger partial charge is 0.211 e. The van der Waals surface area contributed by atoms with Gasteiger partial charge < -0.3 is 5.11 Å². The number of hydrogen-bond acceptors (Lipinski definition) is 1. The van der Waals surface area contributed by atoms with Crippen LogP contribution in [0.4, 0.5) is 0 Å². The molecule has 1 unspecified atom stereocenters. The molecule has 0 amide bonds. The quantitative estimate of drug-likeness (QED) is 0.593. The van der Waals surface area contributed by atoms with E-state index in [1.54, 1.807) is 0 Å². The average Bonchev–Trinajstić information content (AvgIpc) is 2.18. The first-order valence-corrected chi connectivity index (χ1v) is 4.61. The van der Waals surface area contributed by atoms with Gasteiger partial charge in [0.25, 0.3) is 0 Å². The highest BCUT2D eigenvalue weighted by Gasteiger charge is 2.36. The number of fused-ring (bicyclic) bond motifs is 1. The summed E-state index contributed by atoms with van der Waals surface area (Å²) in [5.74, 6) is 0.218. The summed E-state index contributed by atoms with van der Waals surface area (Å²) in [5.41, 5.74) is 0.911. The van der Waals surface area contributed by atoms with Crippen LogP contribution in [0.3, 0.4) is 0 Å². The molecule has 12 heavy (non-hydrogen) atoms. The summed E-state index contributed by atoms with van der Waals surface area (Å²) in [5, 5.41) is 4.88. The van der Waals surface area contributed by atoms with Gasteiger partial charge in [-0.15, -0.1) is 0 Å². The van der Waals surface area contributed by atoms with Gasteiger partial charge >= 0.3 is 0 Å². The Bertz CT molecular complexity index is 285. The molecule has 3 atom stereocenters. The van der Waals surface area contributed by atoms with E-state index >= 15 is 0 Å². The van der Waals surface area contributed by atoms with E-state index in [1.165, 1.54) is 5.57 Å². The number of rotatable bonds is 1. The van der Waals surface area contributed by atoms with Crippen molar-refractivity contribution in [3.63, 3.8) is 0 Å². The van der Waals surface area contributed by atoms with E-state index < -0.39 is 0 Å². The first-order valence-electron chi connectivity index (χ1n) is 5.60.